The molecule has 0 atom stereocenters. The Labute approximate surface area is 115 Å². The van der Waals surface area contributed by atoms with Crippen LogP contribution < -0.4 is 5.32 Å². The molecule has 5 nitrogen and oxygen atoms in total. The lowest BCUT2D eigenvalue weighted by Crippen LogP contribution is -2.07. The van der Waals surface area contributed by atoms with Crippen molar-refractivity contribution in [2.45, 2.75) is 0 Å². The largest absolute Gasteiger partial charge is 0.323 e. The highest BCUT2D eigenvalue weighted by Gasteiger charge is 2.04. The lowest BCUT2D eigenvalue weighted by molar-refractivity contribution is -0.384. The van der Waals surface area contributed by atoms with E-state index in [0.29, 0.717) is 5.69 Å². The fourth-order valence-electron chi connectivity index (χ4n) is 1.59. The average molecular weight is 268 g/mol. The van der Waals surface area contributed by atoms with Gasteiger partial charge in [0.05, 0.1) is 4.92 Å². The van der Waals surface area contributed by atoms with Gasteiger partial charge in [-0.3, -0.25) is 14.9 Å². The molecule has 1 N–H and O–H groups in total. The highest BCUT2D eigenvalue weighted by atomic mass is 16.6. The van der Waals surface area contributed by atoms with E-state index < -0.39 is 4.92 Å². The van der Waals surface area contributed by atoms with Gasteiger partial charge in [-0.05, 0) is 23.8 Å². The second-order valence-electron chi connectivity index (χ2n) is 4.04. The van der Waals surface area contributed by atoms with Gasteiger partial charge < -0.3 is 5.32 Å². The quantitative estimate of drug-likeness (QED) is 0.525. The molecule has 2 rings (SSSR count). The van der Waals surface area contributed by atoms with Crippen molar-refractivity contribution in [3.05, 3.63) is 76.4 Å². The summed E-state index contributed by atoms with van der Waals surface area (Å²) in [4.78, 5) is 21.7. The van der Waals surface area contributed by atoms with Gasteiger partial charge in [0, 0.05) is 23.9 Å². The van der Waals surface area contributed by atoms with Crippen LogP contribution in [-0.4, -0.2) is 10.8 Å². The van der Waals surface area contributed by atoms with Crippen molar-refractivity contribution >= 4 is 23.4 Å². The van der Waals surface area contributed by atoms with Crippen LogP contribution in [0.4, 0.5) is 11.4 Å². The van der Waals surface area contributed by atoms with Crippen molar-refractivity contribution in [2.75, 3.05) is 5.32 Å². The van der Waals surface area contributed by atoms with Crippen LogP contribution in [0.2, 0.25) is 0 Å². The summed E-state index contributed by atoms with van der Waals surface area (Å²) in [6.45, 7) is 0. The van der Waals surface area contributed by atoms with Crippen molar-refractivity contribution in [3.8, 4) is 0 Å². The molecule has 1 amide bonds. The number of hydrogen-bond acceptors (Lipinski definition) is 3. The van der Waals surface area contributed by atoms with Gasteiger partial charge in [-0.25, -0.2) is 0 Å². The first kappa shape index (κ1) is 13.5. The molecule has 0 unspecified atom stereocenters. The summed E-state index contributed by atoms with van der Waals surface area (Å²) < 4.78 is 0. The summed E-state index contributed by atoms with van der Waals surface area (Å²) in [5, 5.41) is 13.1. The normalized spacial score (nSPS) is 10.4. The number of hydrogen-bond donors (Lipinski definition) is 1. The number of carbonyl (C=O) groups excluding carboxylic acids is 1. The van der Waals surface area contributed by atoms with Gasteiger partial charge in [0.15, 0.2) is 0 Å². The zero-order valence-electron chi connectivity index (χ0n) is 10.5. The molecular formula is C15H12N2O3. The van der Waals surface area contributed by atoms with Crippen LogP contribution in [0.15, 0.2) is 60.7 Å². The molecule has 0 radical (unpaired) electrons. The van der Waals surface area contributed by atoms with Crippen molar-refractivity contribution in [1.82, 2.24) is 0 Å². The van der Waals surface area contributed by atoms with Crippen LogP contribution in [0.3, 0.4) is 0 Å². The monoisotopic (exact) mass is 268 g/mol. The van der Waals surface area contributed by atoms with Gasteiger partial charge in [-0.2, -0.15) is 0 Å². The van der Waals surface area contributed by atoms with Crippen LogP contribution in [0.25, 0.3) is 6.08 Å². The van der Waals surface area contributed by atoms with Crippen molar-refractivity contribution < 1.29 is 9.72 Å². The predicted molar refractivity (Wildman–Crippen MR) is 77.2 cm³/mol. The highest BCUT2D eigenvalue weighted by molar-refractivity contribution is 6.01. The summed E-state index contributed by atoms with van der Waals surface area (Å²) in [5.41, 5.74) is 1.42. The van der Waals surface area contributed by atoms with Gasteiger partial charge in [0.25, 0.3) is 5.69 Å². The van der Waals surface area contributed by atoms with E-state index in [0.717, 1.165) is 5.56 Å². The standard InChI is InChI=1S/C15H12N2O3/c18-15(11-6-12-4-2-1-3-5-12)16-13-7-9-14(10-8-13)17(19)20/h1-11H,(H,16,18). The molecule has 0 spiro atoms. The Morgan fingerprint density at radius 3 is 2.30 bits per heavy atom. The number of nitrogens with one attached hydrogen (secondary N) is 1. The number of benzene rings is 2. The van der Waals surface area contributed by atoms with Gasteiger partial charge >= 0.3 is 0 Å². The number of anilines is 1. The molecule has 0 aliphatic rings. The maximum absolute atomic E-state index is 11.7. The number of nitrogens with zero attached hydrogens (tertiary/aromatic N) is 1. The van der Waals surface area contributed by atoms with Gasteiger partial charge in [0.1, 0.15) is 0 Å². The molecule has 100 valence electrons. The fourth-order valence-corrected chi connectivity index (χ4v) is 1.59. The molecule has 0 aliphatic heterocycles. The van der Waals surface area contributed by atoms with Crippen LogP contribution in [0.1, 0.15) is 5.56 Å². The van der Waals surface area contributed by atoms with Gasteiger partial charge in [0.2, 0.25) is 5.91 Å². The zero-order valence-corrected chi connectivity index (χ0v) is 10.5. The molecule has 0 aromatic heterocycles. The molecular weight excluding hydrogens is 256 g/mol. The Morgan fingerprint density at radius 1 is 1.05 bits per heavy atom. The summed E-state index contributed by atoms with van der Waals surface area (Å²) in [5.74, 6) is -0.289. The van der Waals surface area contributed by atoms with E-state index in [4.69, 9.17) is 0 Å². The highest BCUT2D eigenvalue weighted by Crippen LogP contribution is 2.15. The van der Waals surface area contributed by atoms with E-state index in [1.807, 2.05) is 30.3 Å². The van der Waals surface area contributed by atoms with Crippen LogP contribution in [0.5, 0.6) is 0 Å². The smallest absolute Gasteiger partial charge is 0.269 e. The first-order valence-corrected chi connectivity index (χ1v) is 5.94. The first-order valence-electron chi connectivity index (χ1n) is 5.94. The number of nitro groups is 1. The van der Waals surface area contributed by atoms with E-state index in [1.165, 1.54) is 30.3 Å². The minimum atomic E-state index is -0.485. The van der Waals surface area contributed by atoms with Crippen molar-refractivity contribution in [2.24, 2.45) is 0 Å². The van der Waals surface area contributed by atoms with Gasteiger partial charge in [-0.1, -0.05) is 30.3 Å². The predicted octanol–water partition coefficient (Wildman–Crippen LogP) is 3.25. The maximum Gasteiger partial charge on any atom is 0.269 e. The number of rotatable bonds is 4. The average Bonchev–Trinajstić information content (AvgIpc) is 2.47. The van der Waals surface area contributed by atoms with E-state index in [9.17, 15) is 14.9 Å². The van der Waals surface area contributed by atoms with Crippen LogP contribution in [0, 0.1) is 10.1 Å². The van der Waals surface area contributed by atoms with E-state index in [1.54, 1.807) is 6.08 Å². The Hall–Kier alpha value is -2.95. The fraction of sp³-hybridized carbons (Fsp3) is 0. The third kappa shape index (κ3) is 3.78. The van der Waals surface area contributed by atoms with E-state index >= 15 is 0 Å². The number of carbonyl (C=O) groups is 1. The third-order valence-electron chi connectivity index (χ3n) is 2.57. The molecule has 5 heteroatoms. The molecule has 0 saturated heterocycles. The number of non-ortho nitro benzene ring substituents is 1. The van der Waals surface area contributed by atoms with Crippen LogP contribution in [-0.2, 0) is 4.79 Å². The Morgan fingerprint density at radius 2 is 1.70 bits per heavy atom. The summed E-state index contributed by atoms with van der Waals surface area (Å²) in [7, 11) is 0. The molecule has 2 aromatic carbocycles. The van der Waals surface area contributed by atoms with Crippen LogP contribution >= 0.6 is 0 Å². The second-order valence-corrected chi connectivity index (χ2v) is 4.04. The lowest BCUT2D eigenvalue weighted by Gasteiger charge is -2.01. The SMILES string of the molecule is O=C(C=Cc1ccccc1)Nc1ccc([N+](=O)[O-])cc1. The molecule has 2 aromatic rings. The molecule has 20 heavy (non-hydrogen) atoms. The van der Waals surface area contributed by atoms with Crippen molar-refractivity contribution in [3.63, 3.8) is 0 Å². The Balaban J connectivity index is 1.98. The molecule has 0 aliphatic carbocycles. The molecule has 0 heterocycles. The van der Waals surface area contributed by atoms with E-state index in [2.05, 4.69) is 5.32 Å². The molecule has 0 fully saturated rings. The topological polar surface area (TPSA) is 72.2 Å². The minimum Gasteiger partial charge on any atom is -0.323 e. The maximum atomic E-state index is 11.7. The summed E-state index contributed by atoms with van der Waals surface area (Å²) >= 11 is 0. The first-order chi connectivity index (χ1) is 9.65. The minimum absolute atomic E-state index is 0.0113. The third-order valence-corrected chi connectivity index (χ3v) is 2.57. The Kier molecular flexibility index (Phi) is 4.24. The van der Waals surface area contributed by atoms with Crippen molar-refractivity contribution in [1.29, 1.82) is 0 Å². The summed E-state index contributed by atoms with van der Waals surface area (Å²) in [6.07, 6.45) is 3.11. The second kappa shape index (κ2) is 6.29. The summed E-state index contributed by atoms with van der Waals surface area (Å²) in [6, 6.07) is 15.1. The molecule has 0 saturated carbocycles. The number of amides is 1. The number of nitro benzene ring substituents is 1. The molecule has 0 bridgehead atoms. The zero-order chi connectivity index (χ0) is 14.4. The lowest BCUT2D eigenvalue weighted by atomic mass is 10.2. The van der Waals surface area contributed by atoms with E-state index in [-0.39, 0.29) is 11.6 Å². The van der Waals surface area contributed by atoms with Gasteiger partial charge in [-0.15, -0.1) is 0 Å². The Bertz CT molecular complexity index is 634.